The molecule has 104 valence electrons. The highest BCUT2D eigenvalue weighted by atomic mass is 35.5. The molecular formula is C10H9Cl2NO5S. The lowest BCUT2D eigenvalue weighted by molar-refractivity contribution is -0.113. The Kier molecular flexibility index (Phi) is 4.78. The van der Waals surface area contributed by atoms with Gasteiger partial charge in [-0.25, -0.2) is 13.2 Å². The minimum absolute atomic E-state index is 0.0522. The maximum atomic E-state index is 11.5. The molecule has 2 N–H and O–H groups in total. The van der Waals surface area contributed by atoms with Gasteiger partial charge in [-0.1, -0.05) is 23.2 Å². The highest BCUT2D eigenvalue weighted by Gasteiger charge is 2.21. The van der Waals surface area contributed by atoms with Gasteiger partial charge in [-0.2, -0.15) is 0 Å². The first kappa shape index (κ1) is 15.7. The first-order chi connectivity index (χ1) is 8.61. The van der Waals surface area contributed by atoms with Crippen LogP contribution in [0.25, 0.3) is 0 Å². The fourth-order valence-electron chi connectivity index (χ4n) is 1.30. The van der Waals surface area contributed by atoms with Crippen molar-refractivity contribution in [2.24, 2.45) is 0 Å². The second-order valence-electron chi connectivity index (χ2n) is 3.70. The topological polar surface area (TPSA) is 101 Å². The van der Waals surface area contributed by atoms with E-state index in [1.165, 1.54) is 12.1 Å². The molecule has 0 bridgehead atoms. The minimum atomic E-state index is -3.54. The number of carboxylic acid groups (broad SMARTS) is 1. The normalized spacial score (nSPS) is 11.1. The molecule has 1 rings (SSSR count). The Balaban J connectivity index is 3.17. The van der Waals surface area contributed by atoms with E-state index >= 15 is 0 Å². The molecule has 1 aromatic rings. The average Bonchev–Trinajstić information content (AvgIpc) is 2.20. The minimum Gasteiger partial charge on any atom is -0.478 e. The summed E-state index contributed by atoms with van der Waals surface area (Å²) in [5, 5.41) is 11.0. The number of aromatic carboxylic acids is 1. The van der Waals surface area contributed by atoms with Crippen LogP contribution in [0.3, 0.4) is 0 Å². The van der Waals surface area contributed by atoms with Crippen LogP contribution in [0.2, 0.25) is 10.0 Å². The summed E-state index contributed by atoms with van der Waals surface area (Å²) in [6.07, 6.45) is 0.879. The van der Waals surface area contributed by atoms with Crippen LogP contribution in [0.1, 0.15) is 10.4 Å². The Morgan fingerprint density at radius 3 is 2.26 bits per heavy atom. The molecule has 0 saturated carbocycles. The highest BCUT2D eigenvalue weighted by molar-refractivity contribution is 7.91. The van der Waals surface area contributed by atoms with Gasteiger partial charge in [0.25, 0.3) is 0 Å². The molecular weight excluding hydrogens is 317 g/mol. The molecule has 0 radical (unpaired) electrons. The van der Waals surface area contributed by atoms with Crippen LogP contribution < -0.4 is 5.32 Å². The Morgan fingerprint density at radius 1 is 1.26 bits per heavy atom. The third-order valence-corrected chi connectivity index (χ3v) is 3.39. The SMILES string of the molecule is CS(=O)(=O)CC(=O)Nc1c(Cl)ccc(Cl)c1C(=O)O. The Morgan fingerprint density at radius 2 is 1.79 bits per heavy atom. The van der Waals surface area contributed by atoms with E-state index in [4.69, 9.17) is 28.3 Å². The quantitative estimate of drug-likeness (QED) is 0.877. The Labute approximate surface area is 119 Å². The Bertz CT molecular complexity index is 642. The smallest absolute Gasteiger partial charge is 0.339 e. The summed E-state index contributed by atoms with van der Waals surface area (Å²) < 4.78 is 21.9. The molecule has 0 atom stereocenters. The van der Waals surface area contributed by atoms with Crippen LogP contribution in [0.5, 0.6) is 0 Å². The number of rotatable bonds is 4. The van der Waals surface area contributed by atoms with Crippen molar-refractivity contribution in [2.75, 3.05) is 17.3 Å². The zero-order valence-electron chi connectivity index (χ0n) is 9.61. The fraction of sp³-hybridized carbons (Fsp3) is 0.200. The lowest BCUT2D eigenvalue weighted by atomic mass is 10.1. The molecule has 1 aromatic carbocycles. The van der Waals surface area contributed by atoms with Gasteiger partial charge in [-0.15, -0.1) is 0 Å². The van der Waals surface area contributed by atoms with E-state index in [1.807, 2.05) is 0 Å². The van der Waals surface area contributed by atoms with Gasteiger partial charge >= 0.3 is 5.97 Å². The second-order valence-corrected chi connectivity index (χ2v) is 6.66. The van der Waals surface area contributed by atoms with Crippen molar-refractivity contribution >= 4 is 50.6 Å². The molecule has 19 heavy (non-hydrogen) atoms. The van der Waals surface area contributed by atoms with E-state index in [1.54, 1.807) is 0 Å². The van der Waals surface area contributed by atoms with Gasteiger partial charge in [-0.05, 0) is 12.1 Å². The zero-order chi connectivity index (χ0) is 14.8. The number of hydrogen-bond acceptors (Lipinski definition) is 4. The summed E-state index contributed by atoms with van der Waals surface area (Å²) in [7, 11) is -3.54. The van der Waals surface area contributed by atoms with E-state index in [2.05, 4.69) is 5.32 Å². The van der Waals surface area contributed by atoms with E-state index < -0.39 is 33.0 Å². The van der Waals surface area contributed by atoms with Gasteiger partial charge in [-0.3, -0.25) is 4.79 Å². The number of hydrogen-bond donors (Lipinski definition) is 2. The summed E-state index contributed by atoms with van der Waals surface area (Å²) in [5.74, 6) is -3.06. The lowest BCUT2D eigenvalue weighted by Gasteiger charge is -2.11. The number of carbonyl (C=O) groups excluding carboxylic acids is 1. The predicted octanol–water partition coefficient (Wildman–Crippen LogP) is 1.67. The molecule has 6 nitrogen and oxygen atoms in total. The lowest BCUT2D eigenvalue weighted by Crippen LogP contribution is -2.23. The van der Waals surface area contributed by atoms with Gasteiger partial charge < -0.3 is 10.4 Å². The highest BCUT2D eigenvalue weighted by Crippen LogP contribution is 2.31. The predicted molar refractivity (Wildman–Crippen MR) is 71.8 cm³/mol. The number of nitrogens with one attached hydrogen (secondary N) is 1. The van der Waals surface area contributed by atoms with Crippen molar-refractivity contribution in [1.29, 1.82) is 0 Å². The summed E-state index contributed by atoms with van der Waals surface area (Å²) >= 11 is 11.5. The Hall–Kier alpha value is -1.31. The van der Waals surface area contributed by atoms with Crippen LogP contribution in [-0.2, 0) is 14.6 Å². The van der Waals surface area contributed by atoms with E-state index in [9.17, 15) is 18.0 Å². The number of benzene rings is 1. The van der Waals surface area contributed by atoms with Crippen LogP contribution in [0.4, 0.5) is 5.69 Å². The molecule has 0 saturated heterocycles. The molecule has 1 amide bonds. The number of carbonyl (C=O) groups is 2. The number of carboxylic acids is 1. The molecule has 9 heteroatoms. The summed E-state index contributed by atoms with van der Waals surface area (Å²) in [6.45, 7) is 0. The van der Waals surface area contributed by atoms with E-state index in [-0.39, 0.29) is 15.7 Å². The van der Waals surface area contributed by atoms with E-state index in [0.29, 0.717) is 0 Å². The average molecular weight is 326 g/mol. The maximum Gasteiger partial charge on any atom is 0.339 e. The van der Waals surface area contributed by atoms with Gasteiger partial charge in [0.1, 0.15) is 11.3 Å². The van der Waals surface area contributed by atoms with Crippen molar-refractivity contribution in [2.45, 2.75) is 0 Å². The summed E-state index contributed by atoms with van der Waals surface area (Å²) in [4.78, 5) is 22.5. The van der Waals surface area contributed by atoms with Crippen LogP contribution >= 0.6 is 23.2 Å². The zero-order valence-corrected chi connectivity index (χ0v) is 11.9. The molecule has 0 heterocycles. The first-order valence-electron chi connectivity index (χ1n) is 4.80. The van der Waals surface area contributed by atoms with Crippen LogP contribution in [-0.4, -0.2) is 37.4 Å². The van der Waals surface area contributed by atoms with Crippen molar-refractivity contribution in [3.05, 3.63) is 27.7 Å². The van der Waals surface area contributed by atoms with Crippen molar-refractivity contribution < 1.29 is 23.1 Å². The molecule has 0 aliphatic rings. The molecule has 0 unspecified atom stereocenters. The second kappa shape index (κ2) is 5.77. The van der Waals surface area contributed by atoms with Crippen LogP contribution in [0.15, 0.2) is 12.1 Å². The maximum absolute atomic E-state index is 11.5. The van der Waals surface area contributed by atoms with Gasteiger partial charge in [0.2, 0.25) is 5.91 Å². The molecule has 0 aliphatic carbocycles. The standard InChI is InChI=1S/C10H9Cl2NO5S/c1-19(17,18)4-7(14)13-9-6(12)3-2-5(11)8(9)10(15)16/h2-3H,4H2,1H3,(H,13,14)(H,15,16). The van der Waals surface area contributed by atoms with Gasteiger partial charge in [0, 0.05) is 6.26 Å². The number of halogens is 2. The molecule has 0 spiro atoms. The number of sulfone groups is 1. The van der Waals surface area contributed by atoms with Crippen LogP contribution in [0, 0.1) is 0 Å². The third-order valence-electron chi connectivity index (χ3n) is 1.98. The first-order valence-corrected chi connectivity index (χ1v) is 7.62. The summed E-state index contributed by atoms with van der Waals surface area (Å²) in [5.41, 5.74) is -0.619. The molecule has 0 aliphatic heterocycles. The van der Waals surface area contributed by atoms with Gasteiger partial charge in [0.15, 0.2) is 9.84 Å². The van der Waals surface area contributed by atoms with Crippen molar-refractivity contribution in [1.82, 2.24) is 0 Å². The fourth-order valence-corrected chi connectivity index (χ4v) is 2.29. The van der Waals surface area contributed by atoms with Crippen molar-refractivity contribution in [3.63, 3.8) is 0 Å². The number of amides is 1. The number of anilines is 1. The molecule has 0 aromatic heterocycles. The summed E-state index contributed by atoms with van der Waals surface area (Å²) in [6, 6.07) is 2.56. The van der Waals surface area contributed by atoms with Gasteiger partial charge in [0.05, 0.1) is 15.7 Å². The van der Waals surface area contributed by atoms with E-state index in [0.717, 1.165) is 6.26 Å². The molecule has 0 fully saturated rings. The monoisotopic (exact) mass is 325 g/mol. The van der Waals surface area contributed by atoms with Crippen molar-refractivity contribution in [3.8, 4) is 0 Å². The third kappa shape index (κ3) is 4.38. The largest absolute Gasteiger partial charge is 0.478 e.